The second-order valence-corrected chi connectivity index (χ2v) is 4.39. The van der Waals surface area contributed by atoms with E-state index >= 15 is 0 Å². The summed E-state index contributed by atoms with van der Waals surface area (Å²) >= 11 is 3.49. The lowest BCUT2D eigenvalue weighted by Gasteiger charge is -2.29. The van der Waals surface area contributed by atoms with Crippen molar-refractivity contribution in [1.82, 2.24) is 0 Å². The number of halogens is 1. The maximum Gasteiger partial charge on any atom is 0.0829 e. The van der Waals surface area contributed by atoms with Crippen LogP contribution in [-0.2, 0) is 4.74 Å². The van der Waals surface area contributed by atoms with E-state index in [1.807, 2.05) is 6.07 Å². The summed E-state index contributed by atoms with van der Waals surface area (Å²) in [5.41, 5.74) is 1.32. The van der Waals surface area contributed by atoms with Gasteiger partial charge in [0.25, 0.3) is 0 Å². The van der Waals surface area contributed by atoms with Gasteiger partial charge in [-0.1, -0.05) is 46.3 Å². The molecule has 1 aromatic rings. The van der Waals surface area contributed by atoms with Gasteiger partial charge in [-0.15, -0.1) is 0 Å². The third kappa shape index (κ3) is 2.37. The standard InChI is InChI=1S/C12H15BrO/c13-9-11-7-4-8-12(14-11)10-5-2-1-3-6-10/h1-3,5-6,11-12H,4,7-9H2/t11-,12+/m1/s1. The average molecular weight is 255 g/mol. The van der Waals surface area contributed by atoms with Crippen LogP contribution in [0.15, 0.2) is 30.3 Å². The smallest absolute Gasteiger partial charge is 0.0829 e. The fourth-order valence-electron chi connectivity index (χ4n) is 1.93. The van der Waals surface area contributed by atoms with Crippen LogP contribution in [0.4, 0.5) is 0 Å². The first-order valence-electron chi connectivity index (χ1n) is 5.16. The summed E-state index contributed by atoms with van der Waals surface area (Å²) in [6, 6.07) is 10.5. The van der Waals surface area contributed by atoms with Crippen molar-refractivity contribution in [3.8, 4) is 0 Å². The Bertz CT molecular complexity index is 273. The van der Waals surface area contributed by atoms with Crippen LogP contribution in [0, 0.1) is 0 Å². The van der Waals surface area contributed by atoms with Crippen molar-refractivity contribution in [3.05, 3.63) is 35.9 Å². The normalized spacial score (nSPS) is 27.5. The number of benzene rings is 1. The number of hydrogen-bond donors (Lipinski definition) is 0. The Morgan fingerprint density at radius 1 is 1.21 bits per heavy atom. The first-order valence-corrected chi connectivity index (χ1v) is 6.28. The molecule has 1 saturated heterocycles. The van der Waals surface area contributed by atoms with E-state index in [2.05, 4.69) is 40.2 Å². The number of hydrogen-bond acceptors (Lipinski definition) is 1. The summed E-state index contributed by atoms with van der Waals surface area (Å²) in [5.74, 6) is 0. The molecule has 1 aliphatic heterocycles. The van der Waals surface area contributed by atoms with Crippen molar-refractivity contribution in [2.45, 2.75) is 31.5 Å². The lowest BCUT2D eigenvalue weighted by atomic mass is 9.99. The highest BCUT2D eigenvalue weighted by molar-refractivity contribution is 9.09. The summed E-state index contributed by atoms with van der Waals surface area (Å²) in [6.07, 6.45) is 4.33. The fraction of sp³-hybridized carbons (Fsp3) is 0.500. The molecule has 0 bridgehead atoms. The highest BCUT2D eigenvalue weighted by atomic mass is 79.9. The molecular formula is C12H15BrO. The summed E-state index contributed by atoms with van der Waals surface area (Å²) in [4.78, 5) is 0. The van der Waals surface area contributed by atoms with Crippen molar-refractivity contribution in [1.29, 1.82) is 0 Å². The molecule has 0 aromatic heterocycles. The Balaban J connectivity index is 2.04. The van der Waals surface area contributed by atoms with E-state index in [1.54, 1.807) is 0 Å². The highest BCUT2D eigenvalue weighted by Crippen LogP contribution is 2.31. The lowest BCUT2D eigenvalue weighted by molar-refractivity contribution is -0.0383. The Kier molecular flexibility index (Phi) is 3.60. The topological polar surface area (TPSA) is 9.23 Å². The molecule has 0 amide bonds. The van der Waals surface area contributed by atoms with E-state index in [9.17, 15) is 0 Å². The fourth-order valence-corrected chi connectivity index (χ4v) is 2.40. The van der Waals surface area contributed by atoms with E-state index < -0.39 is 0 Å². The van der Waals surface area contributed by atoms with Gasteiger partial charge in [-0.2, -0.15) is 0 Å². The molecule has 2 atom stereocenters. The first kappa shape index (κ1) is 10.2. The number of ether oxygens (including phenoxy) is 1. The van der Waals surface area contributed by atoms with Gasteiger partial charge in [0.15, 0.2) is 0 Å². The molecule has 14 heavy (non-hydrogen) atoms. The molecule has 0 N–H and O–H groups in total. The molecule has 2 heteroatoms. The van der Waals surface area contributed by atoms with Crippen LogP contribution in [0.3, 0.4) is 0 Å². The quantitative estimate of drug-likeness (QED) is 0.732. The molecule has 0 spiro atoms. The summed E-state index contributed by atoms with van der Waals surface area (Å²) < 4.78 is 5.97. The molecular weight excluding hydrogens is 240 g/mol. The molecule has 1 aromatic carbocycles. The van der Waals surface area contributed by atoms with Gasteiger partial charge in [0.1, 0.15) is 0 Å². The van der Waals surface area contributed by atoms with Crippen LogP contribution in [0.1, 0.15) is 30.9 Å². The Morgan fingerprint density at radius 2 is 2.00 bits per heavy atom. The highest BCUT2D eigenvalue weighted by Gasteiger charge is 2.22. The molecule has 0 unspecified atom stereocenters. The Hall–Kier alpha value is -0.340. The molecule has 1 heterocycles. The van der Waals surface area contributed by atoms with Gasteiger partial charge in [0.2, 0.25) is 0 Å². The van der Waals surface area contributed by atoms with Gasteiger partial charge in [-0.25, -0.2) is 0 Å². The Morgan fingerprint density at radius 3 is 2.71 bits per heavy atom. The number of alkyl halides is 1. The minimum absolute atomic E-state index is 0.312. The predicted octanol–water partition coefficient (Wildman–Crippen LogP) is 3.69. The lowest BCUT2D eigenvalue weighted by Crippen LogP contribution is -2.23. The first-order chi connectivity index (χ1) is 6.90. The molecule has 2 rings (SSSR count). The Labute approximate surface area is 93.6 Å². The predicted molar refractivity (Wildman–Crippen MR) is 61.7 cm³/mol. The van der Waals surface area contributed by atoms with Crippen molar-refractivity contribution < 1.29 is 4.74 Å². The monoisotopic (exact) mass is 254 g/mol. The average Bonchev–Trinajstić information content (AvgIpc) is 2.30. The van der Waals surface area contributed by atoms with Gasteiger partial charge in [0, 0.05) is 5.33 Å². The van der Waals surface area contributed by atoms with Crippen molar-refractivity contribution in [2.75, 3.05) is 5.33 Å². The second-order valence-electron chi connectivity index (χ2n) is 3.74. The molecule has 0 aliphatic carbocycles. The van der Waals surface area contributed by atoms with E-state index in [1.165, 1.54) is 18.4 Å². The van der Waals surface area contributed by atoms with E-state index in [0.717, 1.165) is 11.8 Å². The van der Waals surface area contributed by atoms with Crippen LogP contribution < -0.4 is 0 Å². The SMILES string of the molecule is BrC[C@H]1CCC[C@@H](c2ccccc2)O1. The summed E-state index contributed by atoms with van der Waals surface area (Å²) in [7, 11) is 0. The molecule has 1 fully saturated rings. The van der Waals surface area contributed by atoms with Crippen molar-refractivity contribution in [3.63, 3.8) is 0 Å². The summed E-state index contributed by atoms with van der Waals surface area (Å²) in [6.45, 7) is 0. The van der Waals surface area contributed by atoms with Gasteiger partial charge in [-0.05, 0) is 24.8 Å². The summed E-state index contributed by atoms with van der Waals surface area (Å²) in [5, 5.41) is 0.955. The zero-order valence-electron chi connectivity index (χ0n) is 8.16. The largest absolute Gasteiger partial charge is 0.369 e. The maximum atomic E-state index is 5.97. The van der Waals surface area contributed by atoms with Crippen LogP contribution in [0.5, 0.6) is 0 Å². The number of rotatable bonds is 2. The van der Waals surface area contributed by atoms with Gasteiger partial charge in [0.05, 0.1) is 12.2 Å². The molecule has 0 radical (unpaired) electrons. The van der Waals surface area contributed by atoms with E-state index in [-0.39, 0.29) is 0 Å². The van der Waals surface area contributed by atoms with Crippen LogP contribution >= 0.6 is 15.9 Å². The van der Waals surface area contributed by atoms with E-state index in [0.29, 0.717) is 12.2 Å². The third-order valence-electron chi connectivity index (χ3n) is 2.69. The molecule has 1 nitrogen and oxygen atoms in total. The van der Waals surface area contributed by atoms with Crippen molar-refractivity contribution in [2.24, 2.45) is 0 Å². The second kappa shape index (κ2) is 4.94. The molecule has 0 saturated carbocycles. The molecule has 76 valence electrons. The van der Waals surface area contributed by atoms with E-state index in [4.69, 9.17) is 4.74 Å². The third-order valence-corrected chi connectivity index (χ3v) is 3.41. The van der Waals surface area contributed by atoms with Gasteiger partial charge >= 0.3 is 0 Å². The minimum atomic E-state index is 0.312. The van der Waals surface area contributed by atoms with Crippen LogP contribution in [-0.4, -0.2) is 11.4 Å². The molecule has 1 aliphatic rings. The van der Waals surface area contributed by atoms with Crippen molar-refractivity contribution >= 4 is 15.9 Å². The zero-order valence-corrected chi connectivity index (χ0v) is 9.74. The zero-order chi connectivity index (χ0) is 9.80. The van der Waals surface area contributed by atoms with Crippen LogP contribution in [0.25, 0.3) is 0 Å². The van der Waals surface area contributed by atoms with Gasteiger partial charge < -0.3 is 4.74 Å². The van der Waals surface area contributed by atoms with Crippen LogP contribution in [0.2, 0.25) is 0 Å². The minimum Gasteiger partial charge on any atom is -0.369 e. The van der Waals surface area contributed by atoms with Gasteiger partial charge in [-0.3, -0.25) is 0 Å². The maximum absolute atomic E-state index is 5.97.